The van der Waals surface area contributed by atoms with Crippen molar-refractivity contribution in [1.82, 2.24) is 10.6 Å². The molecule has 1 saturated heterocycles. The zero-order chi connectivity index (χ0) is 19.5. The molecule has 3 rings (SSSR count). The fourth-order valence-electron chi connectivity index (χ4n) is 4.43. The highest BCUT2D eigenvalue weighted by atomic mass is 16.5. The number of aliphatic imine (C=N–C) groups is 1. The van der Waals surface area contributed by atoms with Crippen molar-refractivity contribution in [2.24, 2.45) is 10.9 Å². The molecule has 0 bridgehead atoms. The summed E-state index contributed by atoms with van der Waals surface area (Å²) in [5.74, 6) is 1.57. The van der Waals surface area contributed by atoms with Crippen LogP contribution in [0.4, 0.5) is 0 Å². The van der Waals surface area contributed by atoms with Crippen molar-refractivity contribution in [2.45, 2.75) is 50.4 Å². The van der Waals surface area contributed by atoms with Gasteiger partial charge < -0.3 is 20.1 Å². The minimum Gasteiger partial charge on any atom is -0.381 e. The molecule has 0 unspecified atom stereocenters. The van der Waals surface area contributed by atoms with Gasteiger partial charge in [0.2, 0.25) is 0 Å². The zero-order valence-corrected chi connectivity index (χ0v) is 17.4. The van der Waals surface area contributed by atoms with Gasteiger partial charge in [-0.2, -0.15) is 0 Å². The van der Waals surface area contributed by atoms with Gasteiger partial charge in [-0.3, -0.25) is 4.99 Å². The number of hydrogen-bond donors (Lipinski definition) is 2. The maximum absolute atomic E-state index is 5.85. The van der Waals surface area contributed by atoms with Crippen molar-refractivity contribution in [2.75, 3.05) is 46.6 Å². The van der Waals surface area contributed by atoms with Gasteiger partial charge in [0, 0.05) is 52.0 Å². The predicted octanol–water partition coefficient (Wildman–Crippen LogP) is 3.50. The van der Waals surface area contributed by atoms with Gasteiger partial charge in [-0.1, -0.05) is 43.2 Å². The molecule has 0 spiro atoms. The molecule has 1 aromatic carbocycles. The van der Waals surface area contributed by atoms with E-state index in [1.54, 1.807) is 0 Å². The normalized spacial score (nSPS) is 20.2. The van der Waals surface area contributed by atoms with Gasteiger partial charge in [0.1, 0.15) is 0 Å². The fraction of sp³-hybridized carbons (Fsp3) is 0.696. The Bertz CT molecular complexity index is 579. The number of guanidine groups is 1. The molecule has 5 heteroatoms. The summed E-state index contributed by atoms with van der Waals surface area (Å²) in [6, 6.07) is 11.0. The largest absolute Gasteiger partial charge is 0.381 e. The molecule has 2 aliphatic rings. The summed E-state index contributed by atoms with van der Waals surface area (Å²) in [5, 5.41) is 7.02. The highest BCUT2D eigenvalue weighted by Gasteiger charge is 2.35. The second-order valence-electron chi connectivity index (χ2n) is 8.19. The van der Waals surface area contributed by atoms with Gasteiger partial charge in [-0.25, -0.2) is 0 Å². The number of hydrogen-bond acceptors (Lipinski definition) is 3. The van der Waals surface area contributed by atoms with Crippen LogP contribution in [0.1, 0.15) is 50.5 Å². The topological polar surface area (TPSA) is 54.9 Å². The summed E-state index contributed by atoms with van der Waals surface area (Å²) < 4.78 is 11.2. The summed E-state index contributed by atoms with van der Waals surface area (Å²) in [5.41, 5.74) is 1.70. The van der Waals surface area contributed by atoms with E-state index >= 15 is 0 Å². The molecule has 28 heavy (non-hydrogen) atoms. The Kier molecular flexibility index (Phi) is 8.62. The summed E-state index contributed by atoms with van der Waals surface area (Å²) >= 11 is 0. The van der Waals surface area contributed by atoms with Crippen molar-refractivity contribution < 1.29 is 9.47 Å². The van der Waals surface area contributed by atoms with Gasteiger partial charge in [0.25, 0.3) is 0 Å². The Morgan fingerprint density at radius 3 is 2.61 bits per heavy atom. The Morgan fingerprint density at radius 2 is 1.89 bits per heavy atom. The third-order valence-electron chi connectivity index (χ3n) is 6.22. The van der Waals surface area contributed by atoms with Crippen LogP contribution in [0.3, 0.4) is 0 Å². The fourth-order valence-corrected chi connectivity index (χ4v) is 4.43. The Balaban J connectivity index is 1.35. The Labute approximate surface area is 170 Å². The predicted molar refractivity (Wildman–Crippen MR) is 115 cm³/mol. The first kappa shape index (κ1) is 21.1. The van der Waals surface area contributed by atoms with Crippen molar-refractivity contribution >= 4 is 5.96 Å². The lowest BCUT2D eigenvalue weighted by atomic mass is 9.79. The summed E-state index contributed by atoms with van der Waals surface area (Å²) in [4.78, 5) is 4.40. The lowest BCUT2D eigenvalue weighted by Gasteiger charge is -2.30. The van der Waals surface area contributed by atoms with Crippen LogP contribution in [0.2, 0.25) is 0 Å². The van der Waals surface area contributed by atoms with Crippen LogP contribution in [-0.2, 0) is 14.9 Å². The molecule has 1 heterocycles. The van der Waals surface area contributed by atoms with Crippen LogP contribution in [0.25, 0.3) is 0 Å². The van der Waals surface area contributed by atoms with E-state index in [9.17, 15) is 0 Å². The first-order chi connectivity index (χ1) is 13.8. The molecule has 1 saturated carbocycles. The lowest BCUT2D eigenvalue weighted by molar-refractivity contribution is 0.0203. The molecule has 0 amide bonds. The standard InChI is InChI=1S/C23H37N3O2/c1-24-22(25-14-7-15-28-18-20-10-16-27-17-11-20)26-19-23(12-5-6-13-23)21-8-3-2-4-9-21/h2-4,8-9,20H,5-7,10-19H2,1H3,(H2,24,25,26). The highest BCUT2D eigenvalue weighted by Crippen LogP contribution is 2.40. The van der Waals surface area contributed by atoms with Crippen LogP contribution in [0.5, 0.6) is 0 Å². The van der Waals surface area contributed by atoms with E-state index in [0.29, 0.717) is 5.92 Å². The minimum atomic E-state index is 0.242. The molecule has 2 N–H and O–H groups in total. The monoisotopic (exact) mass is 387 g/mol. The first-order valence-electron chi connectivity index (χ1n) is 11.0. The quantitative estimate of drug-likeness (QED) is 0.387. The summed E-state index contributed by atoms with van der Waals surface area (Å²) in [6.45, 7) is 5.28. The Morgan fingerprint density at radius 1 is 1.14 bits per heavy atom. The first-order valence-corrected chi connectivity index (χ1v) is 11.0. The van der Waals surface area contributed by atoms with Gasteiger partial charge in [-0.05, 0) is 43.6 Å². The molecule has 1 aliphatic heterocycles. The third kappa shape index (κ3) is 6.21. The maximum Gasteiger partial charge on any atom is 0.191 e. The second-order valence-corrected chi connectivity index (χ2v) is 8.19. The molecule has 0 aromatic heterocycles. The molecular weight excluding hydrogens is 350 g/mol. The van der Waals surface area contributed by atoms with Gasteiger partial charge in [0.15, 0.2) is 5.96 Å². The number of ether oxygens (including phenoxy) is 2. The molecule has 156 valence electrons. The molecule has 0 atom stereocenters. The molecule has 2 fully saturated rings. The van der Waals surface area contributed by atoms with E-state index < -0.39 is 0 Å². The molecule has 0 radical (unpaired) electrons. The number of nitrogens with one attached hydrogen (secondary N) is 2. The summed E-state index contributed by atoms with van der Waals surface area (Å²) in [6.07, 6.45) is 8.39. The zero-order valence-electron chi connectivity index (χ0n) is 17.4. The SMILES string of the molecule is CN=C(NCCCOCC1CCOCC1)NCC1(c2ccccc2)CCCC1. The van der Waals surface area contributed by atoms with Crippen LogP contribution in [0.15, 0.2) is 35.3 Å². The van der Waals surface area contributed by atoms with Gasteiger partial charge >= 0.3 is 0 Å². The molecular formula is C23H37N3O2. The number of nitrogens with zero attached hydrogens (tertiary/aromatic N) is 1. The van der Waals surface area contributed by atoms with Crippen LogP contribution < -0.4 is 10.6 Å². The summed E-state index contributed by atoms with van der Waals surface area (Å²) in [7, 11) is 1.85. The lowest BCUT2D eigenvalue weighted by Crippen LogP contribution is -2.45. The second kappa shape index (κ2) is 11.4. The van der Waals surface area contributed by atoms with E-state index in [1.807, 2.05) is 7.05 Å². The average molecular weight is 388 g/mol. The van der Waals surface area contributed by atoms with Gasteiger partial charge in [-0.15, -0.1) is 0 Å². The maximum atomic E-state index is 5.85. The number of rotatable bonds is 9. The van der Waals surface area contributed by atoms with E-state index in [2.05, 4.69) is 46.0 Å². The van der Waals surface area contributed by atoms with Crippen molar-refractivity contribution in [3.05, 3.63) is 35.9 Å². The Hall–Kier alpha value is -1.59. The van der Waals surface area contributed by atoms with Crippen LogP contribution in [-0.4, -0.2) is 52.5 Å². The molecule has 5 nitrogen and oxygen atoms in total. The van der Waals surface area contributed by atoms with Crippen LogP contribution >= 0.6 is 0 Å². The van der Waals surface area contributed by atoms with E-state index in [1.165, 1.54) is 31.2 Å². The van der Waals surface area contributed by atoms with E-state index in [4.69, 9.17) is 9.47 Å². The number of benzene rings is 1. The van der Waals surface area contributed by atoms with Crippen molar-refractivity contribution in [3.8, 4) is 0 Å². The van der Waals surface area contributed by atoms with Crippen molar-refractivity contribution in [3.63, 3.8) is 0 Å². The van der Waals surface area contributed by atoms with Crippen molar-refractivity contribution in [1.29, 1.82) is 0 Å². The van der Waals surface area contributed by atoms with E-state index in [0.717, 1.165) is 64.7 Å². The van der Waals surface area contributed by atoms with Gasteiger partial charge in [0.05, 0.1) is 0 Å². The average Bonchev–Trinajstić information content (AvgIpc) is 3.24. The van der Waals surface area contributed by atoms with Crippen LogP contribution in [0, 0.1) is 5.92 Å². The molecule has 1 aromatic rings. The van der Waals surface area contributed by atoms with E-state index in [-0.39, 0.29) is 5.41 Å². The third-order valence-corrected chi connectivity index (χ3v) is 6.22. The molecule has 1 aliphatic carbocycles. The smallest absolute Gasteiger partial charge is 0.191 e. The minimum absolute atomic E-state index is 0.242. The highest BCUT2D eigenvalue weighted by molar-refractivity contribution is 5.79.